The van der Waals surface area contributed by atoms with E-state index < -0.39 is 23.3 Å². The van der Waals surface area contributed by atoms with E-state index in [4.69, 9.17) is 4.74 Å². The van der Waals surface area contributed by atoms with Crippen LogP contribution in [0.4, 0.5) is 0 Å². The lowest BCUT2D eigenvalue weighted by Crippen LogP contribution is -2.42. The molecule has 29 heavy (non-hydrogen) atoms. The van der Waals surface area contributed by atoms with Gasteiger partial charge in [-0.25, -0.2) is 19.1 Å². The van der Waals surface area contributed by atoms with Gasteiger partial charge in [0.25, 0.3) is 5.56 Å². The molecule has 0 unspecified atom stereocenters. The van der Waals surface area contributed by atoms with Crippen LogP contribution in [0.3, 0.4) is 0 Å². The van der Waals surface area contributed by atoms with Gasteiger partial charge in [-0.2, -0.15) is 0 Å². The molecule has 0 aliphatic heterocycles. The number of para-hydroxylation sites is 1. The van der Waals surface area contributed by atoms with E-state index in [1.807, 2.05) is 18.2 Å². The molecule has 1 aromatic carbocycles. The second kappa shape index (κ2) is 7.69. The number of ether oxygens (including phenoxy) is 1. The molecule has 2 aromatic heterocycles. The molecule has 0 spiro atoms. The Balaban J connectivity index is 2.03. The number of benzene rings is 1. The molecular weight excluding hydrogens is 372 g/mol. The van der Waals surface area contributed by atoms with Gasteiger partial charge >= 0.3 is 11.7 Å². The van der Waals surface area contributed by atoms with Crippen molar-refractivity contribution in [3.8, 4) is 5.69 Å². The van der Waals surface area contributed by atoms with Crippen molar-refractivity contribution in [2.75, 3.05) is 6.61 Å². The standard InChI is InChI=1S/C21H24N4O4/c1-3-29-20(27)14(2)23-13-22-18-17(23)19(26)25(16-11-7-8-12-16)21(28)24(18)15-9-5-4-6-10-15/h4-6,9-10,13-14,16H,3,7-8,11-12H2,1-2H3/t14-/m0/s1. The summed E-state index contributed by atoms with van der Waals surface area (Å²) in [5.41, 5.74) is 0.313. The summed E-state index contributed by atoms with van der Waals surface area (Å²) < 4.78 is 9.44. The summed E-state index contributed by atoms with van der Waals surface area (Å²) in [6.07, 6.45) is 4.98. The number of imidazole rings is 1. The summed E-state index contributed by atoms with van der Waals surface area (Å²) in [7, 11) is 0. The van der Waals surface area contributed by atoms with Gasteiger partial charge in [0.1, 0.15) is 6.04 Å². The first-order valence-corrected chi connectivity index (χ1v) is 10.0. The van der Waals surface area contributed by atoms with E-state index in [9.17, 15) is 14.4 Å². The van der Waals surface area contributed by atoms with Crippen LogP contribution in [0.1, 0.15) is 51.6 Å². The molecule has 1 fully saturated rings. The maximum atomic E-state index is 13.4. The maximum Gasteiger partial charge on any atom is 0.337 e. The molecule has 0 bridgehead atoms. The lowest BCUT2D eigenvalue weighted by atomic mass is 10.2. The Morgan fingerprint density at radius 3 is 2.55 bits per heavy atom. The first kappa shape index (κ1) is 19.2. The van der Waals surface area contributed by atoms with E-state index in [1.54, 1.807) is 26.0 Å². The minimum atomic E-state index is -0.730. The van der Waals surface area contributed by atoms with E-state index in [0.717, 1.165) is 25.7 Å². The molecule has 0 N–H and O–H groups in total. The highest BCUT2D eigenvalue weighted by molar-refractivity contribution is 5.79. The number of carbonyl (C=O) groups is 1. The summed E-state index contributed by atoms with van der Waals surface area (Å²) in [4.78, 5) is 43.5. The zero-order valence-electron chi connectivity index (χ0n) is 16.6. The fraction of sp³-hybridized carbons (Fsp3) is 0.429. The molecule has 1 aliphatic rings. The zero-order valence-corrected chi connectivity index (χ0v) is 16.6. The summed E-state index contributed by atoms with van der Waals surface area (Å²) in [6.45, 7) is 3.64. The van der Waals surface area contributed by atoms with Gasteiger partial charge in [0.15, 0.2) is 11.2 Å². The van der Waals surface area contributed by atoms with Gasteiger partial charge in [0.2, 0.25) is 0 Å². The number of hydrogen-bond donors (Lipinski definition) is 0. The quantitative estimate of drug-likeness (QED) is 0.619. The Morgan fingerprint density at radius 1 is 1.21 bits per heavy atom. The second-order valence-corrected chi connectivity index (χ2v) is 7.32. The third-order valence-electron chi connectivity index (χ3n) is 5.55. The fourth-order valence-corrected chi connectivity index (χ4v) is 4.08. The first-order valence-electron chi connectivity index (χ1n) is 10.0. The molecule has 1 saturated carbocycles. The van der Waals surface area contributed by atoms with E-state index in [2.05, 4.69) is 4.98 Å². The Morgan fingerprint density at radius 2 is 1.90 bits per heavy atom. The molecule has 0 saturated heterocycles. The minimum Gasteiger partial charge on any atom is -0.464 e. The minimum absolute atomic E-state index is 0.143. The fourth-order valence-electron chi connectivity index (χ4n) is 4.08. The lowest BCUT2D eigenvalue weighted by Gasteiger charge is -2.18. The van der Waals surface area contributed by atoms with E-state index in [0.29, 0.717) is 5.69 Å². The highest BCUT2D eigenvalue weighted by Crippen LogP contribution is 2.28. The Labute approximate surface area is 167 Å². The van der Waals surface area contributed by atoms with E-state index in [-0.39, 0.29) is 23.8 Å². The Bertz CT molecular complexity index is 1150. The number of carbonyl (C=O) groups excluding carboxylic acids is 1. The molecule has 8 heteroatoms. The van der Waals surface area contributed by atoms with Crippen LogP contribution in [0.15, 0.2) is 46.2 Å². The van der Waals surface area contributed by atoms with E-state index >= 15 is 0 Å². The second-order valence-electron chi connectivity index (χ2n) is 7.32. The van der Waals surface area contributed by atoms with Crippen LogP contribution < -0.4 is 11.2 Å². The van der Waals surface area contributed by atoms with Crippen molar-refractivity contribution in [3.05, 3.63) is 57.5 Å². The van der Waals surface area contributed by atoms with Gasteiger partial charge in [-0.15, -0.1) is 0 Å². The number of nitrogens with zero attached hydrogens (tertiary/aromatic N) is 4. The van der Waals surface area contributed by atoms with Crippen molar-refractivity contribution in [2.45, 2.75) is 51.6 Å². The van der Waals surface area contributed by atoms with Crippen molar-refractivity contribution >= 4 is 17.1 Å². The number of aromatic nitrogens is 4. The van der Waals surface area contributed by atoms with Crippen LogP contribution in [-0.2, 0) is 9.53 Å². The molecule has 2 heterocycles. The van der Waals surface area contributed by atoms with Gasteiger partial charge < -0.3 is 9.30 Å². The van der Waals surface area contributed by atoms with Crippen LogP contribution in [0.2, 0.25) is 0 Å². The van der Waals surface area contributed by atoms with Crippen LogP contribution in [-0.4, -0.2) is 31.3 Å². The highest BCUT2D eigenvalue weighted by Gasteiger charge is 2.28. The molecule has 1 aliphatic carbocycles. The van der Waals surface area contributed by atoms with Crippen molar-refractivity contribution in [1.82, 2.24) is 18.7 Å². The first-order chi connectivity index (χ1) is 14.0. The molecule has 152 valence electrons. The van der Waals surface area contributed by atoms with Crippen molar-refractivity contribution in [3.63, 3.8) is 0 Å². The zero-order chi connectivity index (χ0) is 20.5. The predicted molar refractivity (Wildman–Crippen MR) is 108 cm³/mol. The maximum absolute atomic E-state index is 13.4. The van der Waals surface area contributed by atoms with Crippen molar-refractivity contribution < 1.29 is 9.53 Å². The predicted octanol–water partition coefficient (Wildman–Crippen LogP) is 2.59. The topological polar surface area (TPSA) is 88.1 Å². The Kier molecular flexibility index (Phi) is 5.08. The van der Waals surface area contributed by atoms with Gasteiger partial charge in [-0.1, -0.05) is 31.0 Å². The average molecular weight is 396 g/mol. The van der Waals surface area contributed by atoms with Crippen LogP contribution in [0.25, 0.3) is 16.9 Å². The SMILES string of the molecule is CCOC(=O)[C@H](C)n1cnc2c1c(=O)n(C1CCCC1)c(=O)n2-c1ccccc1. The molecule has 1 atom stereocenters. The monoisotopic (exact) mass is 396 g/mol. The van der Waals surface area contributed by atoms with Gasteiger partial charge in [0, 0.05) is 6.04 Å². The number of esters is 1. The molecular formula is C21H24N4O4. The summed E-state index contributed by atoms with van der Waals surface area (Å²) in [6, 6.07) is 8.26. The Hall–Kier alpha value is -3.16. The third kappa shape index (κ3) is 3.18. The lowest BCUT2D eigenvalue weighted by molar-refractivity contribution is -0.146. The third-order valence-corrected chi connectivity index (χ3v) is 5.55. The van der Waals surface area contributed by atoms with Crippen molar-refractivity contribution in [1.29, 1.82) is 0 Å². The van der Waals surface area contributed by atoms with Crippen molar-refractivity contribution in [2.24, 2.45) is 0 Å². The van der Waals surface area contributed by atoms with Gasteiger partial charge in [-0.3, -0.25) is 9.36 Å². The van der Waals surface area contributed by atoms with E-state index in [1.165, 1.54) is 20.0 Å². The average Bonchev–Trinajstić information content (AvgIpc) is 3.39. The molecule has 3 aromatic rings. The smallest absolute Gasteiger partial charge is 0.337 e. The molecule has 4 rings (SSSR count). The normalized spacial score (nSPS) is 15.7. The summed E-state index contributed by atoms with van der Waals surface area (Å²) >= 11 is 0. The summed E-state index contributed by atoms with van der Waals surface area (Å²) in [5, 5.41) is 0. The van der Waals surface area contributed by atoms with Crippen LogP contribution in [0, 0.1) is 0 Å². The molecule has 0 radical (unpaired) electrons. The van der Waals surface area contributed by atoms with Crippen LogP contribution >= 0.6 is 0 Å². The van der Waals surface area contributed by atoms with Crippen LogP contribution in [0.5, 0.6) is 0 Å². The van der Waals surface area contributed by atoms with Gasteiger partial charge in [0.05, 0.1) is 18.6 Å². The highest BCUT2D eigenvalue weighted by atomic mass is 16.5. The summed E-state index contributed by atoms with van der Waals surface area (Å²) in [5.74, 6) is -0.448. The number of fused-ring (bicyclic) bond motifs is 1. The molecule has 8 nitrogen and oxygen atoms in total. The largest absolute Gasteiger partial charge is 0.464 e. The number of rotatable bonds is 5. The van der Waals surface area contributed by atoms with Gasteiger partial charge in [-0.05, 0) is 38.8 Å². The molecule has 0 amide bonds. The number of hydrogen-bond acceptors (Lipinski definition) is 5.